The summed E-state index contributed by atoms with van der Waals surface area (Å²) in [5, 5.41) is 0. The first-order chi connectivity index (χ1) is 6.03. The molecule has 0 spiro atoms. The van der Waals surface area contributed by atoms with Crippen LogP contribution in [0.5, 0.6) is 0 Å². The quantitative estimate of drug-likeness (QED) is 0.483. The van der Waals surface area contributed by atoms with Gasteiger partial charge in [0.15, 0.2) is 0 Å². The molecule has 84 valence electrons. The van der Waals surface area contributed by atoms with Gasteiger partial charge in [-0.2, -0.15) is 0 Å². The van der Waals surface area contributed by atoms with Crippen LogP contribution in [0.3, 0.4) is 0 Å². The van der Waals surface area contributed by atoms with Crippen molar-refractivity contribution in [3.63, 3.8) is 0 Å². The van der Waals surface area contributed by atoms with Crippen molar-refractivity contribution in [2.24, 2.45) is 16.7 Å². The fourth-order valence-corrected chi connectivity index (χ4v) is 2.67. The Morgan fingerprint density at radius 1 is 1.07 bits per heavy atom. The second-order valence-electron chi connectivity index (χ2n) is 7.08. The molecule has 1 fully saturated rings. The van der Waals surface area contributed by atoms with Gasteiger partial charge >= 0.3 is 0 Å². The highest BCUT2D eigenvalue weighted by Gasteiger charge is 2.61. The average Bonchev–Trinajstić information content (AvgIpc) is 2.59. The molecule has 0 aromatic carbocycles. The van der Waals surface area contributed by atoms with E-state index in [1.807, 2.05) is 0 Å². The molecule has 1 saturated heterocycles. The summed E-state index contributed by atoms with van der Waals surface area (Å²) in [5.41, 5.74) is 0.856. The van der Waals surface area contributed by atoms with Gasteiger partial charge in [-0.15, -0.1) is 0 Å². The molecule has 0 saturated carbocycles. The predicted molar refractivity (Wildman–Crippen MR) is 63.2 cm³/mol. The Morgan fingerprint density at radius 2 is 1.43 bits per heavy atom. The summed E-state index contributed by atoms with van der Waals surface area (Å²) >= 11 is 0. The minimum absolute atomic E-state index is 0.420. The van der Waals surface area contributed by atoms with Crippen molar-refractivity contribution in [2.45, 2.75) is 47.6 Å². The number of rotatable bonds is 3. The van der Waals surface area contributed by atoms with Crippen LogP contribution in [0.1, 0.15) is 41.5 Å². The molecule has 0 aromatic heterocycles. The largest absolute Gasteiger partial charge is 0.316 e. The Balaban J connectivity index is 2.86. The van der Waals surface area contributed by atoms with Gasteiger partial charge in [0, 0.05) is 5.41 Å². The van der Waals surface area contributed by atoms with E-state index in [2.05, 4.69) is 55.6 Å². The van der Waals surface area contributed by atoms with Gasteiger partial charge in [-0.05, 0) is 11.3 Å². The van der Waals surface area contributed by atoms with Crippen LogP contribution < -0.4 is 0 Å². The van der Waals surface area contributed by atoms with Crippen molar-refractivity contribution in [1.29, 1.82) is 0 Å². The zero-order valence-corrected chi connectivity index (χ0v) is 11.3. The minimum Gasteiger partial charge on any atom is -0.316 e. The third kappa shape index (κ3) is 1.60. The van der Waals surface area contributed by atoms with Crippen LogP contribution in [-0.2, 0) is 0 Å². The molecule has 0 radical (unpaired) electrons. The van der Waals surface area contributed by atoms with Crippen molar-refractivity contribution in [2.75, 3.05) is 20.6 Å². The zero-order chi connectivity index (χ0) is 11.4. The van der Waals surface area contributed by atoms with Crippen LogP contribution in [0.25, 0.3) is 0 Å². The van der Waals surface area contributed by atoms with E-state index in [4.69, 9.17) is 0 Å². The first-order valence-electron chi connectivity index (χ1n) is 5.86. The van der Waals surface area contributed by atoms with E-state index in [9.17, 15) is 0 Å². The van der Waals surface area contributed by atoms with Crippen molar-refractivity contribution >= 4 is 0 Å². The van der Waals surface area contributed by atoms with Gasteiger partial charge in [0.05, 0.1) is 14.1 Å². The van der Waals surface area contributed by atoms with Gasteiger partial charge in [-0.1, -0.05) is 41.5 Å². The molecule has 0 bridgehead atoms. The Kier molecular flexibility index (Phi) is 2.56. The SMILES string of the molecule is CC(C)C(C)(C)C(C)(C)C1C[N+]1(C)C. The minimum atomic E-state index is 0.420. The maximum absolute atomic E-state index is 2.45. The molecule has 1 nitrogen and oxygen atoms in total. The molecular formula is C13H28N+. The molecule has 1 heteroatoms. The lowest BCUT2D eigenvalue weighted by molar-refractivity contribution is -0.775. The lowest BCUT2D eigenvalue weighted by atomic mass is 9.60. The Morgan fingerprint density at radius 3 is 1.64 bits per heavy atom. The average molecular weight is 198 g/mol. The third-order valence-electron chi connectivity index (χ3n) is 5.29. The van der Waals surface area contributed by atoms with Crippen molar-refractivity contribution in [3.05, 3.63) is 0 Å². The van der Waals surface area contributed by atoms with Crippen LogP contribution in [0.2, 0.25) is 0 Å². The Labute approximate surface area is 90.1 Å². The molecule has 1 unspecified atom stereocenters. The molecule has 0 N–H and O–H groups in total. The standard InChI is InChI=1S/C13H28N/c1-10(2)12(3,4)13(5,6)11-9-14(11,7)8/h10-11H,9H2,1-8H3/q+1. The summed E-state index contributed by atoms with van der Waals surface area (Å²) < 4.78 is 1.21. The van der Waals surface area contributed by atoms with Crippen LogP contribution in [0, 0.1) is 16.7 Å². The van der Waals surface area contributed by atoms with E-state index < -0.39 is 0 Å². The van der Waals surface area contributed by atoms with Gasteiger partial charge in [0.1, 0.15) is 12.6 Å². The smallest absolute Gasteiger partial charge is 0.144 e. The van der Waals surface area contributed by atoms with E-state index in [1.54, 1.807) is 0 Å². The number of nitrogens with zero attached hydrogens (tertiary/aromatic N) is 1. The molecule has 1 atom stereocenters. The normalized spacial score (nSPS) is 26.8. The molecular weight excluding hydrogens is 170 g/mol. The lowest BCUT2D eigenvalue weighted by Gasteiger charge is -2.44. The fourth-order valence-electron chi connectivity index (χ4n) is 2.67. The van der Waals surface area contributed by atoms with Gasteiger partial charge in [-0.25, -0.2) is 0 Å². The van der Waals surface area contributed by atoms with Crippen molar-refractivity contribution in [1.82, 2.24) is 0 Å². The highest BCUT2D eigenvalue weighted by atomic mass is 15.5. The monoisotopic (exact) mass is 198 g/mol. The summed E-state index contributed by atoms with van der Waals surface area (Å²) in [6, 6.07) is 0.847. The predicted octanol–water partition coefficient (Wildman–Crippen LogP) is 3.15. The topological polar surface area (TPSA) is 0 Å². The summed E-state index contributed by atoms with van der Waals surface area (Å²) in [6.07, 6.45) is 0. The highest BCUT2D eigenvalue weighted by Crippen LogP contribution is 2.53. The van der Waals surface area contributed by atoms with Gasteiger partial charge in [-0.3, -0.25) is 0 Å². The van der Waals surface area contributed by atoms with E-state index in [1.165, 1.54) is 11.0 Å². The van der Waals surface area contributed by atoms with E-state index in [-0.39, 0.29) is 0 Å². The van der Waals surface area contributed by atoms with Gasteiger partial charge in [0.25, 0.3) is 0 Å². The first-order valence-corrected chi connectivity index (χ1v) is 5.86. The number of quaternary nitrogens is 1. The lowest BCUT2D eigenvalue weighted by Crippen LogP contribution is -2.44. The summed E-state index contributed by atoms with van der Waals surface area (Å²) in [7, 11) is 4.70. The van der Waals surface area contributed by atoms with Gasteiger partial charge in [0.2, 0.25) is 0 Å². The van der Waals surface area contributed by atoms with E-state index in [0.717, 1.165) is 12.0 Å². The van der Waals surface area contributed by atoms with Crippen molar-refractivity contribution in [3.8, 4) is 0 Å². The highest BCUT2D eigenvalue weighted by molar-refractivity contribution is 4.98. The summed E-state index contributed by atoms with van der Waals surface area (Å²) in [4.78, 5) is 0. The van der Waals surface area contributed by atoms with Crippen LogP contribution in [0.15, 0.2) is 0 Å². The Bertz CT molecular complexity index is 223. The first kappa shape index (κ1) is 12.0. The van der Waals surface area contributed by atoms with E-state index in [0.29, 0.717) is 10.8 Å². The summed E-state index contributed by atoms with van der Waals surface area (Å²) in [6.45, 7) is 15.8. The second-order valence-corrected chi connectivity index (χ2v) is 7.08. The summed E-state index contributed by atoms with van der Waals surface area (Å²) in [5.74, 6) is 0.748. The van der Waals surface area contributed by atoms with Gasteiger partial charge < -0.3 is 4.48 Å². The number of hydrogen-bond donors (Lipinski definition) is 0. The molecule has 1 heterocycles. The third-order valence-corrected chi connectivity index (χ3v) is 5.29. The Hall–Kier alpha value is -0.0400. The van der Waals surface area contributed by atoms with Crippen LogP contribution in [0.4, 0.5) is 0 Å². The second kappa shape index (κ2) is 2.98. The number of likely N-dealkylation sites (N-methyl/N-ethyl adjacent to an activating group) is 1. The maximum atomic E-state index is 2.45. The zero-order valence-electron chi connectivity index (χ0n) is 11.3. The molecule has 0 aliphatic carbocycles. The fraction of sp³-hybridized carbons (Fsp3) is 1.00. The molecule has 1 aliphatic rings. The van der Waals surface area contributed by atoms with Crippen LogP contribution in [-0.4, -0.2) is 31.2 Å². The molecule has 0 aromatic rings. The van der Waals surface area contributed by atoms with Crippen LogP contribution >= 0.6 is 0 Å². The number of hydrogen-bond acceptors (Lipinski definition) is 0. The van der Waals surface area contributed by atoms with Crippen molar-refractivity contribution < 1.29 is 4.48 Å². The molecule has 14 heavy (non-hydrogen) atoms. The molecule has 0 amide bonds. The maximum Gasteiger partial charge on any atom is 0.144 e. The van der Waals surface area contributed by atoms with E-state index >= 15 is 0 Å². The molecule has 1 aliphatic heterocycles. The molecule has 1 rings (SSSR count).